The van der Waals surface area contributed by atoms with Crippen LogP contribution < -0.4 is 16.0 Å². The van der Waals surface area contributed by atoms with Crippen LogP contribution in [0.1, 0.15) is 56.3 Å². The maximum Gasteiger partial charge on any atom is 0.406 e. The first-order valence-electron chi connectivity index (χ1n) is 13.9. The highest BCUT2D eigenvalue weighted by Gasteiger charge is 2.32. The number of rotatable bonds is 12. The summed E-state index contributed by atoms with van der Waals surface area (Å²) in [6, 6.07) is 6.00. The quantitative estimate of drug-likeness (QED) is 0.335. The van der Waals surface area contributed by atoms with Crippen LogP contribution in [0, 0.1) is 18.8 Å². The zero-order chi connectivity index (χ0) is 27.3. The highest BCUT2D eigenvalue weighted by Crippen LogP contribution is 2.35. The van der Waals surface area contributed by atoms with Crippen molar-refractivity contribution in [2.45, 2.75) is 58.1 Å². The number of hydrogen-bond donors (Lipinski definition) is 3. The minimum Gasteiger partial charge on any atom is -0.453 e. The Balaban J connectivity index is 1.61. The number of ether oxygens (including phenoxy) is 3. The van der Waals surface area contributed by atoms with Crippen molar-refractivity contribution in [1.29, 1.82) is 0 Å². The molecule has 2 aliphatic rings. The number of carbonyl (C=O) groups is 2. The van der Waals surface area contributed by atoms with Crippen LogP contribution in [0.5, 0.6) is 0 Å². The molecule has 0 radical (unpaired) electrons. The number of likely N-dealkylation sites (N-methyl/N-ethyl adjacent to an activating group) is 1. The number of aryl methyl sites for hydroxylation is 1. The number of alkyl carbamates (subject to hydrolysis) is 1. The third-order valence-electron chi connectivity index (χ3n) is 7.44. The van der Waals surface area contributed by atoms with Gasteiger partial charge in [0, 0.05) is 56.4 Å². The van der Waals surface area contributed by atoms with Crippen LogP contribution in [0.15, 0.2) is 18.2 Å². The van der Waals surface area contributed by atoms with E-state index < -0.39 is 6.09 Å². The largest absolute Gasteiger partial charge is 0.453 e. The average molecular weight is 553 g/mol. The topological polar surface area (TPSA) is 101 Å². The van der Waals surface area contributed by atoms with Gasteiger partial charge in [0.05, 0.1) is 19.8 Å². The standard InChI is InChI=1S/C28H45ClN4O5/c1-4-30-24(15-21-7-6-13-37-19-21)17-32-27(34)33-12-5-8-22(18-33)26(38-14-11-31-28(35)36-3)25-16-23(29)10-9-20(25)2/h9-10,16,21-22,24,26,30H,4-8,11-15,17-19H2,1-3H3,(H,31,35)(H,32,34)/t21-,22-,24-,26?/m1/s1. The Morgan fingerprint density at radius 2 is 2.08 bits per heavy atom. The van der Waals surface area contributed by atoms with E-state index in [1.165, 1.54) is 13.5 Å². The minimum atomic E-state index is -0.489. The van der Waals surface area contributed by atoms with Gasteiger partial charge < -0.3 is 35.1 Å². The molecular weight excluding hydrogens is 508 g/mol. The van der Waals surface area contributed by atoms with Crippen molar-refractivity contribution in [2.75, 3.05) is 59.7 Å². The molecule has 2 fully saturated rings. The molecule has 214 valence electrons. The van der Waals surface area contributed by atoms with Gasteiger partial charge in [-0.05, 0) is 74.8 Å². The fourth-order valence-electron chi connectivity index (χ4n) is 5.50. The molecule has 1 aromatic carbocycles. The third kappa shape index (κ3) is 9.59. The van der Waals surface area contributed by atoms with E-state index in [1.54, 1.807) is 0 Å². The fourth-order valence-corrected chi connectivity index (χ4v) is 5.68. The van der Waals surface area contributed by atoms with Gasteiger partial charge in [0.1, 0.15) is 0 Å². The number of nitrogens with zero attached hydrogens (tertiary/aromatic N) is 1. The number of likely N-dealkylation sites (tertiary alicyclic amines) is 1. The molecule has 0 bridgehead atoms. The number of urea groups is 1. The Labute approximate surface area is 232 Å². The molecule has 2 heterocycles. The van der Waals surface area contributed by atoms with Crippen LogP contribution in [-0.4, -0.2) is 82.7 Å². The molecule has 0 aromatic heterocycles. The summed E-state index contributed by atoms with van der Waals surface area (Å²) in [4.78, 5) is 26.6. The number of piperidine rings is 1. The number of carbonyl (C=O) groups excluding carboxylic acids is 2. The van der Waals surface area contributed by atoms with Crippen LogP contribution in [0.4, 0.5) is 9.59 Å². The van der Waals surface area contributed by atoms with E-state index in [0.717, 1.165) is 63.1 Å². The molecule has 3 N–H and O–H groups in total. The molecule has 0 aliphatic carbocycles. The van der Waals surface area contributed by atoms with Gasteiger partial charge in [-0.15, -0.1) is 0 Å². The summed E-state index contributed by atoms with van der Waals surface area (Å²) < 4.78 is 16.6. The molecule has 9 nitrogen and oxygen atoms in total. The average Bonchev–Trinajstić information content (AvgIpc) is 2.93. The Bertz CT molecular complexity index is 883. The maximum atomic E-state index is 13.2. The predicted molar refractivity (Wildman–Crippen MR) is 149 cm³/mol. The molecule has 2 saturated heterocycles. The van der Waals surface area contributed by atoms with E-state index in [2.05, 4.69) is 27.6 Å². The third-order valence-corrected chi connectivity index (χ3v) is 7.68. The molecule has 1 unspecified atom stereocenters. The molecule has 4 atom stereocenters. The van der Waals surface area contributed by atoms with Gasteiger partial charge in [0.2, 0.25) is 0 Å². The number of methoxy groups -OCH3 is 1. The van der Waals surface area contributed by atoms with E-state index >= 15 is 0 Å². The van der Waals surface area contributed by atoms with Crippen LogP contribution in [0.25, 0.3) is 0 Å². The Morgan fingerprint density at radius 3 is 2.82 bits per heavy atom. The van der Waals surface area contributed by atoms with Gasteiger partial charge in [-0.2, -0.15) is 0 Å². The van der Waals surface area contributed by atoms with E-state index in [-0.39, 0.29) is 24.1 Å². The Kier molecular flexibility index (Phi) is 12.9. The van der Waals surface area contributed by atoms with Crippen LogP contribution in [0.2, 0.25) is 5.02 Å². The molecular formula is C28H45ClN4O5. The lowest BCUT2D eigenvalue weighted by molar-refractivity contribution is -0.00886. The molecule has 2 aliphatic heterocycles. The summed E-state index contributed by atoms with van der Waals surface area (Å²) in [6.45, 7) is 9.23. The normalized spacial score (nSPS) is 21.4. The molecule has 1 aromatic rings. The molecule has 38 heavy (non-hydrogen) atoms. The van der Waals surface area contributed by atoms with Crippen molar-refractivity contribution < 1.29 is 23.8 Å². The predicted octanol–water partition coefficient (Wildman–Crippen LogP) is 4.28. The zero-order valence-corrected chi connectivity index (χ0v) is 23.9. The SMILES string of the molecule is CCN[C@@H](CNC(=O)N1CCC[C@@H](C(OCCNC(=O)OC)c2cc(Cl)ccc2C)C1)C[C@H]1CCCOC1. The maximum absolute atomic E-state index is 13.2. The summed E-state index contributed by atoms with van der Waals surface area (Å²) in [7, 11) is 1.33. The monoisotopic (exact) mass is 552 g/mol. The summed E-state index contributed by atoms with van der Waals surface area (Å²) in [5, 5.41) is 10.0. The summed E-state index contributed by atoms with van der Waals surface area (Å²) in [6.07, 6.45) is 4.39. The van der Waals surface area contributed by atoms with Gasteiger partial charge in [-0.25, -0.2) is 9.59 Å². The number of benzene rings is 1. The zero-order valence-electron chi connectivity index (χ0n) is 23.1. The van der Waals surface area contributed by atoms with Gasteiger partial charge in [0.25, 0.3) is 0 Å². The van der Waals surface area contributed by atoms with E-state index in [9.17, 15) is 9.59 Å². The first-order chi connectivity index (χ1) is 18.4. The van der Waals surface area contributed by atoms with Crippen molar-refractivity contribution in [1.82, 2.24) is 20.9 Å². The van der Waals surface area contributed by atoms with Crippen molar-refractivity contribution >= 4 is 23.7 Å². The fraction of sp³-hybridized carbons (Fsp3) is 0.714. The van der Waals surface area contributed by atoms with Crippen molar-refractivity contribution in [2.24, 2.45) is 11.8 Å². The lowest BCUT2D eigenvalue weighted by Gasteiger charge is -2.38. The second-order valence-corrected chi connectivity index (χ2v) is 10.8. The highest BCUT2D eigenvalue weighted by molar-refractivity contribution is 6.30. The Hall–Kier alpha value is -2.07. The molecule has 3 rings (SSSR count). The van der Waals surface area contributed by atoms with Crippen molar-refractivity contribution in [3.05, 3.63) is 34.3 Å². The molecule has 0 spiro atoms. The van der Waals surface area contributed by atoms with Gasteiger partial charge >= 0.3 is 12.1 Å². The van der Waals surface area contributed by atoms with E-state index in [4.69, 9.17) is 21.1 Å². The van der Waals surface area contributed by atoms with Crippen LogP contribution >= 0.6 is 11.6 Å². The highest BCUT2D eigenvalue weighted by atomic mass is 35.5. The Morgan fingerprint density at radius 1 is 1.24 bits per heavy atom. The van der Waals surface area contributed by atoms with Gasteiger partial charge in [-0.3, -0.25) is 0 Å². The first-order valence-corrected chi connectivity index (χ1v) is 14.3. The van der Waals surface area contributed by atoms with Crippen LogP contribution in [-0.2, 0) is 14.2 Å². The second-order valence-electron chi connectivity index (χ2n) is 10.3. The number of amides is 3. The molecule has 0 saturated carbocycles. The van der Waals surface area contributed by atoms with E-state index in [1.807, 2.05) is 30.0 Å². The molecule has 3 amide bonds. The number of nitrogens with one attached hydrogen (secondary N) is 3. The number of hydrogen-bond acceptors (Lipinski definition) is 6. The van der Waals surface area contributed by atoms with Crippen molar-refractivity contribution in [3.63, 3.8) is 0 Å². The number of halogens is 1. The summed E-state index contributed by atoms with van der Waals surface area (Å²) in [5.74, 6) is 0.644. The van der Waals surface area contributed by atoms with Crippen molar-refractivity contribution in [3.8, 4) is 0 Å². The lowest BCUT2D eigenvalue weighted by atomic mass is 9.86. The summed E-state index contributed by atoms with van der Waals surface area (Å²) >= 11 is 6.35. The summed E-state index contributed by atoms with van der Waals surface area (Å²) in [5.41, 5.74) is 2.10. The first kappa shape index (κ1) is 30.5. The minimum absolute atomic E-state index is 0.0357. The lowest BCUT2D eigenvalue weighted by Crippen LogP contribution is -2.50. The smallest absolute Gasteiger partial charge is 0.406 e. The van der Waals surface area contributed by atoms with Gasteiger partial charge in [0.15, 0.2) is 0 Å². The molecule has 10 heteroatoms. The van der Waals surface area contributed by atoms with Gasteiger partial charge in [-0.1, -0.05) is 24.6 Å². The second kappa shape index (κ2) is 16.1. The van der Waals surface area contributed by atoms with Crippen LogP contribution in [0.3, 0.4) is 0 Å². The van der Waals surface area contributed by atoms with E-state index in [0.29, 0.717) is 37.2 Å².